The zero-order valence-electron chi connectivity index (χ0n) is 11.8. The molecule has 20 heavy (non-hydrogen) atoms. The molecule has 0 saturated heterocycles. The third kappa shape index (κ3) is 2.47. The second-order valence-corrected chi connectivity index (χ2v) is 6.71. The lowest BCUT2D eigenvalue weighted by Crippen LogP contribution is -2.13. The van der Waals surface area contributed by atoms with Gasteiger partial charge in [-0.3, -0.25) is 0 Å². The van der Waals surface area contributed by atoms with Crippen molar-refractivity contribution in [3.63, 3.8) is 0 Å². The molecule has 1 aliphatic rings. The van der Waals surface area contributed by atoms with E-state index in [0.717, 1.165) is 35.9 Å². The minimum Gasteiger partial charge on any atom is -0.395 e. The summed E-state index contributed by atoms with van der Waals surface area (Å²) >= 11 is 1.63. The molecule has 2 aromatic rings. The smallest absolute Gasteiger partial charge is 0.255 e. The number of nitrogens with zero attached hydrogens (tertiary/aromatic N) is 4. The number of aromatic nitrogens is 4. The highest BCUT2D eigenvalue weighted by Crippen LogP contribution is 2.29. The molecule has 108 valence electrons. The number of fused-ring (bicyclic) bond motifs is 2. The molecule has 2 heterocycles. The first-order valence-corrected chi connectivity index (χ1v) is 7.87. The van der Waals surface area contributed by atoms with Crippen molar-refractivity contribution < 1.29 is 5.11 Å². The molecule has 0 amide bonds. The number of rotatable bonds is 5. The predicted molar refractivity (Wildman–Crippen MR) is 79.4 cm³/mol. The standard InChI is InChI=1S/C13H19N5OS/c1-8(2)20-13-16-12-15-10-5-3-4-9(10)11(14-6-7-19)18(12)17-13/h8,14,19H,3-7H2,1-2H3. The number of hydrogen-bond donors (Lipinski definition) is 2. The lowest BCUT2D eigenvalue weighted by Gasteiger charge is -2.11. The third-order valence-corrected chi connectivity index (χ3v) is 4.09. The Balaban J connectivity index is 2.08. The van der Waals surface area contributed by atoms with Crippen molar-refractivity contribution in [1.29, 1.82) is 0 Å². The molecule has 0 fully saturated rings. The largest absolute Gasteiger partial charge is 0.395 e. The van der Waals surface area contributed by atoms with Gasteiger partial charge in [0.1, 0.15) is 5.82 Å². The van der Waals surface area contributed by atoms with Gasteiger partial charge in [-0.15, -0.1) is 5.10 Å². The van der Waals surface area contributed by atoms with Gasteiger partial charge in [-0.2, -0.15) is 9.50 Å². The highest BCUT2D eigenvalue weighted by atomic mass is 32.2. The molecule has 0 spiro atoms. The minimum atomic E-state index is 0.0981. The fourth-order valence-corrected chi connectivity index (χ4v) is 3.16. The Hall–Kier alpha value is -1.34. The van der Waals surface area contributed by atoms with Crippen molar-refractivity contribution in [1.82, 2.24) is 19.6 Å². The van der Waals surface area contributed by atoms with E-state index in [1.807, 2.05) is 0 Å². The average Bonchev–Trinajstić information content (AvgIpc) is 2.99. The molecule has 0 saturated carbocycles. The number of thioether (sulfide) groups is 1. The maximum absolute atomic E-state index is 9.04. The third-order valence-electron chi connectivity index (χ3n) is 3.24. The molecule has 0 aliphatic heterocycles. The fraction of sp³-hybridized carbons (Fsp3) is 0.615. The first-order valence-electron chi connectivity index (χ1n) is 6.99. The van der Waals surface area contributed by atoms with E-state index in [2.05, 4.69) is 34.2 Å². The minimum absolute atomic E-state index is 0.0981. The number of anilines is 1. The van der Waals surface area contributed by atoms with Crippen LogP contribution in [0.5, 0.6) is 0 Å². The molecule has 0 atom stereocenters. The maximum Gasteiger partial charge on any atom is 0.255 e. The molecule has 6 nitrogen and oxygen atoms in total. The second kappa shape index (κ2) is 5.57. The molecule has 0 aromatic carbocycles. The summed E-state index contributed by atoms with van der Waals surface area (Å²) in [4.78, 5) is 9.13. The molecule has 3 rings (SSSR count). The molecular weight excluding hydrogens is 274 g/mol. The van der Waals surface area contributed by atoms with Gasteiger partial charge in [-0.25, -0.2) is 4.98 Å². The Kier molecular flexibility index (Phi) is 3.80. The maximum atomic E-state index is 9.04. The van der Waals surface area contributed by atoms with Crippen LogP contribution in [0.25, 0.3) is 5.78 Å². The lowest BCUT2D eigenvalue weighted by molar-refractivity contribution is 0.311. The van der Waals surface area contributed by atoms with E-state index in [9.17, 15) is 0 Å². The molecule has 2 aromatic heterocycles. The van der Waals surface area contributed by atoms with Gasteiger partial charge in [0.05, 0.1) is 12.3 Å². The number of aryl methyl sites for hydroxylation is 1. The monoisotopic (exact) mass is 293 g/mol. The van der Waals surface area contributed by atoms with E-state index in [-0.39, 0.29) is 6.61 Å². The molecule has 2 N–H and O–H groups in total. The van der Waals surface area contributed by atoms with Gasteiger partial charge in [-0.05, 0) is 19.3 Å². The second-order valence-electron chi connectivity index (χ2n) is 5.16. The summed E-state index contributed by atoms with van der Waals surface area (Å²) in [5.74, 6) is 1.59. The van der Waals surface area contributed by atoms with Crippen LogP contribution >= 0.6 is 11.8 Å². The van der Waals surface area contributed by atoms with Crippen LogP contribution in [0.3, 0.4) is 0 Å². The summed E-state index contributed by atoms with van der Waals surface area (Å²) in [6, 6.07) is 0. The van der Waals surface area contributed by atoms with Crippen molar-refractivity contribution in [3.05, 3.63) is 11.3 Å². The van der Waals surface area contributed by atoms with Crippen LogP contribution in [-0.4, -0.2) is 43.1 Å². The average molecular weight is 293 g/mol. The number of aliphatic hydroxyl groups is 1. The van der Waals surface area contributed by atoms with Crippen molar-refractivity contribution in [2.24, 2.45) is 0 Å². The van der Waals surface area contributed by atoms with Gasteiger partial charge in [-0.1, -0.05) is 25.6 Å². The van der Waals surface area contributed by atoms with Crippen LogP contribution in [-0.2, 0) is 12.8 Å². The van der Waals surface area contributed by atoms with Crippen LogP contribution in [0.4, 0.5) is 5.82 Å². The van der Waals surface area contributed by atoms with Crippen LogP contribution in [0.2, 0.25) is 0 Å². The Labute approximate surface area is 122 Å². The topological polar surface area (TPSA) is 75.3 Å². The van der Waals surface area contributed by atoms with Gasteiger partial charge in [0.25, 0.3) is 5.78 Å². The van der Waals surface area contributed by atoms with E-state index in [0.29, 0.717) is 17.6 Å². The summed E-state index contributed by atoms with van der Waals surface area (Å²) in [6.45, 7) is 4.85. The fourth-order valence-electron chi connectivity index (χ4n) is 2.48. The van der Waals surface area contributed by atoms with Crippen LogP contribution in [0.1, 0.15) is 31.5 Å². The summed E-state index contributed by atoms with van der Waals surface area (Å²) in [6.07, 6.45) is 3.13. The normalized spacial score (nSPS) is 14.2. The SMILES string of the molecule is CC(C)Sc1nc2nc3c(c(NCCO)n2n1)CCC3. The lowest BCUT2D eigenvalue weighted by atomic mass is 10.2. The van der Waals surface area contributed by atoms with E-state index in [1.54, 1.807) is 16.3 Å². The van der Waals surface area contributed by atoms with E-state index >= 15 is 0 Å². The van der Waals surface area contributed by atoms with Crippen LogP contribution < -0.4 is 5.32 Å². The van der Waals surface area contributed by atoms with Crippen molar-refractivity contribution in [2.45, 2.75) is 43.5 Å². The predicted octanol–water partition coefficient (Wildman–Crippen LogP) is 1.52. The summed E-state index contributed by atoms with van der Waals surface area (Å²) in [5.41, 5.74) is 2.34. The zero-order valence-corrected chi connectivity index (χ0v) is 12.6. The van der Waals surface area contributed by atoms with Crippen molar-refractivity contribution >= 4 is 23.4 Å². The van der Waals surface area contributed by atoms with Gasteiger partial charge in [0.15, 0.2) is 0 Å². The van der Waals surface area contributed by atoms with Gasteiger partial charge in [0, 0.05) is 17.4 Å². The molecular formula is C13H19N5OS. The first kappa shape index (κ1) is 13.6. The summed E-state index contributed by atoms with van der Waals surface area (Å²) < 4.78 is 1.78. The van der Waals surface area contributed by atoms with E-state index in [1.165, 1.54) is 5.56 Å². The highest BCUT2D eigenvalue weighted by Gasteiger charge is 2.22. The first-order chi connectivity index (χ1) is 9.69. The van der Waals surface area contributed by atoms with Crippen LogP contribution in [0.15, 0.2) is 5.16 Å². The molecule has 0 bridgehead atoms. The molecule has 0 unspecified atom stereocenters. The van der Waals surface area contributed by atoms with E-state index in [4.69, 9.17) is 5.11 Å². The van der Waals surface area contributed by atoms with Crippen LogP contribution in [0, 0.1) is 0 Å². The summed E-state index contributed by atoms with van der Waals surface area (Å²) in [7, 11) is 0. The zero-order chi connectivity index (χ0) is 14.1. The molecule has 1 aliphatic carbocycles. The molecule has 7 heteroatoms. The van der Waals surface area contributed by atoms with Gasteiger partial charge >= 0.3 is 0 Å². The van der Waals surface area contributed by atoms with Gasteiger partial charge < -0.3 is 10.4 Å². The Morgan fingerprint density at radius 2 is 2.20 bits per heavy atom. The quantitative estimate of drug-likeness (QED) is 0.814. The van der Waals surface area contributed by atoms with Gasteiger partial charge in [0.2, 0.25) is 5.16 Å². The number of aliphatic hydroxyl groups excluding tert-OH is 1. The van der Waals surface area contributed by atoms with Crippen molar-refractivity contribution in [3.8, 4) is 0 Å². The highest BCUT2D eigenvalue weighted by molar-refractivity contribution is 7.99. The number of hydrogen-bond acceptors (Lipinski definition) is 6. The van der Waals surface area contributed by atoms with E-state index < -0.39 is 0 Å². The number of nitrogens with one attached hydrogen (secondary N) is 1. The Morgan fingerprint density at radius 1 is 1.35 bits per heavy atom. The Morgan fingerprint density at radius 3 is 2.95 bits per heavy atom. The molecule has 0 radical (unpaired) electrons. The summed E-state index contributed by atoms with van der Waals surface area (Å²) in [5, 5.41) is 18.0. The van der Waals surface area contributed by atoms with Crippen molar-refractivity contribution in [2.75, 3.05) is 18.5 Å². The Bertz CT molecular complexity index is 625.